The van der Waals surface area contributed by atoms with Gasteiger partial charge in [-0.25, -0.2) is 0 Å². The summed E-state index contributed by atoms with van der Waals surface area (Å²) in [4.78, 5) is 0. The first-order valence-electron chi connectivity index (χ1n) is 3.06. The van der Waals surface area contributed by atoms with Crippen LogP contribution in [0.4, 0.5) is 0 Å². The van der Waals surface area contributed by atoms with Crippen LogP contribution in [-0.2, 0) is 0 Å². The molecule has 0 aromatic rings. The molecule has 0 spiro atoms. The Labute approximate surface area is 62.8 Å². The summed E-state index contributed by atoms with van der Waals surface area (Å²) in [5, 5.41) is 2.06. The number of thioether (sulfide) groups is 1. The molecular weight excluding hydrogens is 127 g/mol. The first-order chi connectivity index (χ1) is 4.18. The number of hydrogen-bond donors (Lipinski definition) is 0. The Balaban J connectivity index is 3.63. The van der Waals surface area contributed by atoms with Crippen LogP contribution in [0.25, 0.3) is 0 Å². The molecule has 0 nitrogen and oxygen atoms in total. The molecule has 0 amide bonds. The summed E-state index contributed by atoms with van der Waals surface area (Å²) < 4.78 is 0. The monoisotopic (exact) mass is 140 g/mol. The normalized spacial score (nSPS) is 11.0. The maximum absolute atomic E-state index is 3.89. The molecule has 0 bridgehead atoms. The molecule has 0 atom stereocenters. The SMILES string of the molecule is B=C(C=CSC)C(C)C. The van der Waals surface area contributed by atoms with Crippen LogP contribution >= 0.6 is 11.8 Å². The van der Waals surface area contributed by atoms with Gasteiger partial charge in [-0.2, -0.15) is 0 Å². The minimum absolute atomic E-state index is 0.577. The van der Waals surface area contributed by atoms with E-state index in [0.29, 0.717) is 5.92 Å². The maximum atomic E-state index is 3.89. The molecule has 0 heterocycles. The van der Waals surface area contributed by atoms with E-state index in [9.17, 15) is 0 Å². The molecule has 0 saturated carbocycles. The van der Waals surface area contributed by atoms with Crippen molar-refractivity contribution in [2.24, 2.45) is 5.92 Å². The zero-order chi connectivity index (χ0) is 7.28. The second-order valence-corrected chi connectivity index (χ2v) is 3.01. The first kappa shape index (κ1) is 9.02. The molecule has 9 heavy (non-hydrogen) atoms. The van der Waals surface area contributed by atoms with Gasteiger partial charge in [0.05, 0.1) is 0 Å². The molecule has 0 aromatic heterocycles. The van der Waals surface area contributed by atoms with Crippen molar-refractivity contribution < 1.29 is 0 Å². The third-order valence-electron chi connectivity index (χ3n) is 1.16. The molecule has 0 radical (unpaired) electrons. The van der Waals surface area contributed by atoms with Crippen LogP contribution in [-0.4, -0.2) is 19.2 Å². The van der Waals surface area contributed by atoms with Crippen molar-refractivity contribution in [2.45, 2.75) is 13.8 Å². The van der Waals surface area contributed by atoms with Crippen molar-refractivity contribution in [1.82, 2.24) is 0 Å². The van der Waals surface area contributed by atoms with E-state index in [4.69, 9.17) is 0 Å². The third-order valence-corrected chi connectivity index (χ3v) is 1.57. The quantitative estimate of drug-likeness (QED) is 0.536. The number of allylic oxidation sites excluding steroid dienone is 1. The summed E-state index contributed by atoms with van der Waals surface area (Å²) in [5.41, 5.74) is 1.20. The summed E-state index contributed by atoms with van der Waals surface area (Å²) in [7, 11) is 3.89. The average molecular weight is 140 g/mol. The van der Waals surface area contributed by atoms with Crippen molar-refractivity contribution >= 4 is 24.7 Å². The number of rotatable bonds is 3. The second-order valence-electron chi connectivity index (χ2n) is 2.27. The molecule has 2 heteroatoms. The molecular formula is C7H13BS. The number of hydrogen-bond acceptors (Lipinski definition) is 1. The average Bonchev–Trinajstić information content (AvgIpc) is 1.82. The summed E-state index contributed by atoms with van der Waals surface area (Å²) in [6, 6.07) is 0. The van der Waals surface area contributed by atoms with Crippen LogP contribution in [0.1, 0.15) is 13.8 Å². The van der Waals surface area contributed by atoms with Crippen molar-refractivity contribution in [3.8, 4) is 0 Å². The fourth-order valence-corrected chi connectivity index (χ4v) is 0.659. The van der Waals surface area contributed by atoms with E-state index in [0.717, 1.165) is 0 Å². The van der Waals surface area contributed by atoms with Gasteiger partial charge in [-0.1, -0.05) is 0 Å². The predicted octanol–water partition coefficient (Wildman–Crippen LogP) is 1.59. The molecule has 0 fully saturated rings. The van der Waals surface area contributed by atoms with E-state index < -0.39 is 0 Å². The summed E-state index contributed by atoms with van der Waals surface area (Å²) in [6.07, 6.45) is 4.11. The van der Waals surface area contributed by atoms with Crippen LogP contribution in [0, 0.1) is 5.92 Å². The Morgan fingerprint density at radius 2 is 2.11 bits per heavy atom. The van der Waals surface area contributed by atoms with Gasteiger partial charge in [-0.3, -0.25) is 0 Å². The molecule has 0 saturated heterocycles. The Morgan fingerprint density at radius 1 is 1.56 bits per heavy atom. The fourth-order valence-electron chi connectivity index (χ4n) is 0.348. The third kappa shape index (κ3) is 4.52. The predicted molar refractivity (Wildman–Crippen MR) is 49.6 cm³/mol. The van der Waals surface area contributed by atoms with Gasteiger partial charge in [0.15, 0.2) is 0 Å². The van der Waals surface area contributed by atoms with Crippen LogP contribution < -0.4 is 0 Å². The molecule has 0 rings (SSSR count). The van der Waals surface area contributed by atoms with E-state index in [1.807, 2.05) is 6.26 Å². The Kier molecular flexibility index (Phi) is 4.88. The van der Waals surface area contributed by atoms with E-state index in [2.05, 4.69) is 32.8 Å². The molecule has 0 N–H and O–H groups in total. The van der Waals surface area contributed by atoms with E-state index in [1.165, 1.54) is 5.46 Å². The van der Waals surface area contributed by atoms with Crippen molar-refractivity contribution in [2.75, 3.05) is 6.26 Å². The van der Waals surface area contributed by atoms with E-state index in [1.54, 1.807) is 11.8 Å². The van der Waals surface area contributed by atoms with Crippen molar-refractivity contribution in [1.29, 1.82) is 0 Å². The molecule has 0 aliphatic carbocycles. The van der Waals surface area contributed by atoms with Gasteiger partial charge in [-0.05, 0) is 0 Å². The van der Waals surface area contributed by atoms with Gasteiger partial charge >= 0.3 is 62.2 Å². The standard InChI is InChI=1S/C7H13BS/c1-6(2)7(8)4-5-9-3/h4-6,8H,1-3H3. The van der Waals surface area contributed by atoms with Gasteiger partial charge in [0.1, 0.15) is 0 Å². The van der Waals surface area contributed by atoms with Crippen LogP contribution in [0.15, 0.2) is 11.5 Å². The Bertz CT molecular complexity index is 116. The van der Waals surface area contributed by atoms with Gasteiger partial charge in [0, 0.05) is 0 Å². The van der Waals surface area contributed by atoms with E-state index in [-0.39, 0.29) is 0 Å². The van der Waals surface area contributed by atoms with Crippen molar-refractivity contribution in [3.05, 3.63) is 11.5 Å². The summed E-state index contributed by atoms with van der Waals surface area (Å²) >= 11 is 1.71. The van der Waals surface area contributed by atoms with E-state index >= 15 is 0 Å². The molecule has 0 aromatic carbocycles. The second kappa shape index (κ2) is 4.86. The molecule has 50 valence electrons. The molecule has 0 aliphatic rings. The zero-order valence-electron chi connectivity index (χ0n) is 6.35. The zero-order valence-corrected chi connectivity index (χ0v) is 7.16. The Hall–Kier alpha value is 0.0249. The summed E-state index contributed by atoms with van der Waals surface area (Å²) in [6.45, 7) is 4.29. The van der Waals surface area contributed by atoms with Crippen LogP contribution in [0.2, 0.25) is 0 Å². The van der Waals surface area contributed by atoms with Crippen molar-refractivity contribution in [3.63, 3.8) is 0 Å². The van der Waals surface area contributed by atoms with Gasteiger partial charge in [0.2, 0.25) is 0 Å². The first-order valence-corrected chi connectivity index (χ1v) is 4.35. The fraction of sp³-hybridized carbons (Fsp3) is 0.571. The van der Waals surface area contributed by atoms with Crippen LogP contribution in [0.5, 0.6) is 0 Å². The summed E-state index contributed by atoms with van der Waals surface area (Å²) in [5.74, 6) is 0.577. The van der Waals surface area contributed by atoms with Gasteiger partial charge < -0.3 is 0 Å². The van der Waals surface area contributed by atoms with Gasteiger partial charge in [-0.15, -0.1) is 0 Å². The Morgan fingerprint density at radius 3 is 2.44 bits per heavy atom. The molecule has 0 unspecified atom stereocenters. The van der Waals surface area contributed by atoms with Gasteiger partial charge in [0.25, 0.3) is 0 Å². The van der Waals surface area contributed by atoms with Crippen LogP contribution in [0.3, 0.4) is 0 Å². The molecule has 0 aliphatic heterocycles. The topological polar surface area (TPSA) is 0 Å². The minimum atomic E-state index is 0.577.